The Labute approximate surface area is 97.0 Å². The number of amides is 1. The molecule has 0 saturated heterocycles. The maximum absolute atomic E-state index is 10.9. The zero-order chi connectivity index (χ0) is 12.1. The molecular formula is C10H10ClNO4. The highest BCUT2D eigenvalue weighted by atomic mass is 35.5. The molecule has 16 heavy (non-hydrogen) atoms. The second kappa shape index (κ2) is 5.37. The normalized spacial score (nSPS) is 9.62. The Morgan fingerprint density at radius 1 is 1.50 bits per heavy atom. The zero-order valence-corrected chi connectivity index (χ0v) is 9.25. The van der Waals surface area contributed by atoms with Crippen LogP contribution in [0, 0.1) is 0 Å². The van der Waals surface area contributed by atoms with E-state index in [0.717, 1.165) is 0 Å². The number of aromatic carboxylic acids is 1. The van der Waals surface area contributed by atoms with Crippen LogP contribution in [0.15, 0.2) is 18.2 Å². The predicted molar refractivity (Wildman–Crippen MR) is 58.0 cm³/mol. The maximum atomic E-state index is 10.9. The van der Waals surface area contributed by atoms with Crippen LogP contribution in [0.4, 0.5) is 0 Å². The van der Waals surface area contributed by atoms with Gasteiger partial charge in [-0.25, -0.2) is 4.79 Å². The van der Waals surface area contributed by atoms with Crippen LogP contribution in [0.1, 0.15) is 10.4 Å². The van der Waals surface area contributed by atoms with Gasteiger partial charge in [-0.1, -0.05) is 11.6 Å². The number of carbonyl (C=O) groups excluding carboxylic acids is 1. The van der Waals surface area contributed by atoms with E-state index < -0.39 is 5.97 Å². The lowest BCUT2D eigenvalue weighted by atomic mass is 10.2. The minimum absolute atomic E-state index is 0.0728. The first kappa shape index (κ1) is 12.3. The molecule has 0 unspecified atom stereocenters. The standard InChI is InChI=1S/C10H10ClNO4/c1-12-9(13)5-16-8-3-2-6(11)4-7(8)10(14)15/h2-4H,5H2,1H3,(H,12,13)(H,14,15). The molecule has 1 aromatic carbocycles. The molecule has 0 radical (unpaired) electrons. The summed E-state index contributed by atoms with van der Waals surface area (Å²) < 4.78 is 5.05. The number of carbonyl (C=O) groups is 2. The van der Waals surface area contributed by atoms with E-state index in [1.54, 1.807) is 0 Å². The van der Waals surface area contributed by atoms with E-state index in [9.17, 15) is 9.59 Å². The van der Waals surface area contributed by atoms with Crippen LogP contribution in [-0.2, 0) is 4.79 Å². The van der Waals surface area contributed by atoms with Crippen LogP contribution in [0.25, 0.3) is 0 Å². The summed E-state index contributed by atoms with van der Waals surface area (Å²) in [6, 6.07) is 4.17. The molecule has 0 spiro atoms. The monoisotopic (exact) mass is 243 g/mol. The number of hydrogen-bond donors (Lipinski definition) is 2. The van der Waals surface area contributed by atoms with Gasteiger partial charge in [0.05, 0.1) is 0 Å². The second-order valence-corrected chi connectivity index (χ2v) is 3.34. The minimum Gasteiger partial charge on any atom is -0.483 e. The van der Waals surface area contributed by atoms with Crippen LogP contribution in [-0.4, -0.2) is 30.6 Å². The molecule has 0 aliphatic carbocycles. The number of carboxylic acid groups (broad SMARTS) is 1. The Hall–Kier alpha value is -1.75. The first-order valence-corrected chi connectivity index (χ1v) is 4.78. The number of halogens is 1. The fraction of sp³-hybridized carbons (Fsp3) is 0.200. The Morgan fingerprint density at radius 3 is 2.75 bits per heavy atom. The molecule has 1 rings (SSSR count). The molecule has 0 atom stereocenters. The summed E-state index contributed by atoms with van der Waals surface area (Å²) in [6.07, 6.45) is 0. The molecule has 1 amide bonds. The lowest BCUT2D eigenvalue weighted by Crippen LogP contribution is -2.25. The molecule has 0 fully saturated rings. The van der Waals surface area contributed by atoms with Gasteiger partial charge in [0.25, 0.3) is 5.91 Å². The number of rotatable bonds is 4. The predicted octanol–water partition coefficient (Wildman–Crippen LogP) is 1.16. The van der Waals surface area contributed by atoms with Crippen LogP contribution in [0.3, 0.4) is 0 Å². The van der Waals surface area contributed by atoms with Crippen LogP contribution in [0.5, 0.6) is 5.75 Å². The van der Waals surface area contributed by atoms with Crippen molar-refractivity contribution in [1.29, 1.82) is 0 Å². The fourth-order valence-corrected chi connectivity index (χ4v) is 1.18. The molecule has 86 valence electrons. The quantitative estimate of drug-likeness (QED) is 0.832. The third-order valence-corrected chi connectivity index (χ3v) is 2.04. The first-order valence-electron chi connectivity index (χ1n) is 4.41. The van der Waals surface area contributed by atoms with Gasteiger partial charge < -0.3 is 15.2 Å². The summed E-state index contributed by atoms with van der Waals surface area (Å²) in [5.41, 5.74) is -0.0728. The molecule has 0 aliphatic heterocycles. The van der Waals surface area contributed by atoms with E-state index in [1.165, 1.54) is 25.2 Å². The van der Waals surface area contributed by atoms with Crippen LogP contribution < -0.4 is 10.1 Å². The largest absolute Gasteiger partial charge is 0.483 e. The first-order chi connectivity index (χ1) is 7.54. The minimum atomic E-state index is -1.16. The molecule has 2 N–H and O–H groups in total. The molecule has 0 saturated carbocycles. The van der Waals surface area contributed by atoms with Crippen molar-refractivity contribution in [3.8, 4) is 5.75 Å². The topological polar surface area (TPSA) is 75.6 Å². The highest BCUT2D eigenvalue weighted by Crippen LogP contribution is 2.22. The number of hydrogen-bond acceptors (Lipinski definition) is 3. The van der Waals surface area contributed by atoms with Crippen molar-refractivity contribution in [1.82, 2.24) is 5.32 Å². The molecule has 0 heterocycles. The van der Waals surface area contributed by atoms with Gasteiger partial charge >= 0.3 is 5.97 Å². The Bertz CT molecular complexity index is 419. The number of benzene rings is 1. The summed E-state index contributed by atoms with van der Waals surface area (Å²) in [6.45, 7) is -0.238. The van der Waals surface area contributed by atoms with Crippen molar-refractivity contribution in [3.63, 3.8) is 0 Å². The van der Waals surface area contributed by atoms with E-state index >= 15 is 0 Å². The van der Waals surface area contributed by atoms with Crippen LogP contribution in [0.2, 0.25) is 5.02 Å². The van der Waals surface area contributed by atoms with Gasteiger partial charge in [0.2, 0.25) is 0 Å². The molecule has 1 aromatic rings. The summed E-state index contributed by atoms with van der Waals surface area (Å²) in [7, 11) is 1.46. The Kier molecular flexibility index (Phi) is 4.13. The summed E-state index contributed by atoms with van der Waals surface area (Å²) in [5, 5.41) is 11.5. The van der Waals surface area contributed by atoms with Crippen molar-refractivity contribution in [3.05, 3.63) is 28.8 Å². The van der Waals surface area contributed by atoms with Crippen molar-refractivity contribution in [2.24, 2.45) is 0 Å². The van der Waals surface area contributed by atoms with Crippen molar-refractivity contribution >= 4 is 23.5 Å². The lowest BCUT2D eigenvalue weighted by molar-refractivity contribution is -0.122. The van der Waals surface area contributed by atoms with E-state index in [2.05, 4.69) is 5.32 Å². The van der Waals surface area contributed by atoms with E-state index in [0.29, 0.717) is 5.02 Å². The number of nitrogens with one attached hydrogen (secondary N) is 1. The zero-order valence-electron chi connectivity index (χ0n) is 8.49. The van der Waals surface area contributed by atoms with Crippen molar-refractivity contribution < 1.29 is 19.4 Å². The smallest absolute Gasteiger partial charge is 0.339 e. The lowest BCUT2D eigenvalue weighted by Gasteiger charge is -2.08. The third kappa shape index (κ3) is 3.13. The molecule has 0 aromatic heterocycles. The van der Waals surface area contributed by atoms with Gasteiger partial charge in [-0.15, -0.1) is 0 Å². The number of carboxylic acids is 1. The molecule has 5 nitrogen and oxygen atoms in total. The van der Waals surface area contributed by atoms with Crippen LogP contribution >= 0.6 is 11.6 Å². The average molecular weight is 244 g/mol. The Morgan fingerprint density at radius 2 is 2.19 bits per heavy atom. The average Bonchev–Trinajstić information content (AvgIpc) is 2.26. The van der Waals surface area contributed by atoms with Gasteiger partial charge in [-0.3, -0.25) is 4.79 Å². The van der Waals surface area contributed by atoms with Gasteiger partial charge in [0, 0.05) is 12.1 Å². The van der Waals surface area contributed by atoms with Gasteiger partial charge in [0.15, 0.2) is 6.61 Å². The SMILES string of the molecule is CNC(=O)COc1ccc(Cl)cc1C(=O)O. The number of ether oxygens (including phenoxy) is 1. The third-order valence-electron chi connectivity index (χ3n) is 1.81. The van der Waals surface area contributed by atoms with Gasteiger partial charge in [-0.05, 0) is 18.2 Å². The second-order valence-electron chi connectivity index (χ2n) is 2.91. The van der Waals surface area contributed by atoms with E-state index in [4.69, 9.17) is 21.4 Å². The molecular weight excluding hydrogens is 234 g/mol. The van der Waals surface area contributed by atoms with E-state index in [-0.39, 0.29) is 23.8 Å². The molecule has 6 heteroatoms. The summed E-state index contributed by atoms with van der Waals surface area (Å²) in [4.78, 5) is 21.8. The highest BCUT2D eigenvalue weighted by molar-refractivity contribution is 6.31. The molecule has 0 aliphatic rings. The van der Waals surface area contributed by atoms with Crippen molar-refractivity contribution in [2.75, 3.05) is 13.7 Å². The number of likely N-dealkylation sites (N-methyl/N-ethyl adjacent to an activating group) is 1. The van der Waals surface area contributed by atoms with Gasteiger partial charge in [-0.2, -0.15) is 0 Å². The maximum Gasteiger partial charge on any atom is 0.339 e. The van der Waals surface area contributed by atoms with Gasteiger partial charge in [0.1, 0.15) is 11.3 Å². The molecule has 0 bridgehead atoms. The highest BCUT2D eigenvalue weighted by Gasteiger charge is 2.12. The van der Waals surface area contributed by atoms with Crippen molar-refractivity contribution in [2.45, 2.75) is 0 Å². The summed E-state index contributed by atoms with van der Waals surface area (Å²) in [5.74, 6) is -1.39. The van der Waals surface area contributed by atoms with E-state index in [1.807, 2.05) is 0 Å². The Balaban J connectivity index is 2.87. The fourth-order valence-electron chi connectivity index (χ4n) is 1.01. The summed E-state index contributed by atoms with van der Waals surface area (Å²) >= 11 is 5.65.